The minimum atomic E-state index is -0.551. The molecule has 8 nitrogen and oxygen atoms in total. The van der Waals surface area contributed by atoms with Crippen LogP contribution in [0.4, 0.5) is 10.2 Å². The lowest BCUT2D eigenvalue weighted by atomic mass is 10.1. The van der Waals surface area contributed by atoms with Gasteiger partial charge in [0.25, 0.3) is 5.56 Å². The number of anilines is 1. The Balaban J connectivity index is 1.69. The summed E-state index contributed by atoms with van der Waals surface area (Å²) in [5, 5.41) is 4.79. The predicted octanol–water partition coefficient (Wildman–Crippen LogP) is 3.80. The summed E-state index contributed by atoms with van der Waals surface area (Å²) in [5.74, 6) is 0.603. The molecule has 0 unspecified atom stereocenters. The molecule has 0 saturated carbocycles. The number of ether oxygens (including phenoxy) is 1. The minimum Gasteiger partial charge on any atom is -0.367 e. The zero-order valence-electron chi connectivity index (χ0n) is 19.3. The maximum absolute atomic E-state index is 15.0. The fraction of sp³-hybridized carbons (Fsp3) is 0.333. The maximum Gasteiger partial charge on any atom is 0.263 e. The Hall–Kier alpha value is -3.30. The van der Waals surface area contributed by atoms with Crippen LogP contribution in [0.25, 0.3) is 22.2 Å². The summed E-state index contributed by atoms with van der Waals surface area (Å²) in [6.07, 6.45) is 3.44. The van der Waals surface area contributed by atoms with E-state index in [0.29, 0.717) is 30.2 Å². The molecule has 34 heavy (non-hydrogen) atoms. The molecule has 1 aromatic carbocycles. The maximum atomic E-state index is 15.0. The second kappa shape index (κ2) is 8.48. The Bertz CT molecular complexity index is 1470. The Morgan fingerprint density at radius 1 is 1.18 bits per heavy atom. The van der Waals surface area contributed by atoms with Crippen LogP contribution in [0.3, 0.4) is 0 Å². The number of benzene rings is 1. The van der Waals surface area contributed by atoms with Crippen LogP contribution in [0.15, 0.2) is 41.5 Å². The van der Waals surface area contributed by atoms with Crippen molar-refractivity contribution >= 4 is 28.3 Å². The van der Waals surface area contributed by atoms with Gasteiger partial charge in [0.05, 0.1) is 35.4 Å². The molecule has 0 aliphatic carbocycles. The zero-order chi connectivity index (χ0) is 24.1. The average molecular weight is 483 g/mol. The summed E-state index contributed by atoms with van der Waals surface area (Å²) in [6.45, 7) is 4.87. The number of hydrogen-bond donors (Lipinski definition) is 0. The normalized spacial score (nSPS) is 18.6. The van der Waals surface area contributed by atoms with Crippen molar-refractivity contribution in [3.05, 3.63) is 69.2 Å². The quantitative estimate of drug-likeness (QED) is 0.442. The largest absolute Gasteiger partial charge is 0.367 e. The van der Waals surface area contributed by atoms with Crippen LogP contribution < -0.4 is 10.5 Å². The molecule has 176 valence electrons. The number of pyridine rings is 1. The molecule has 1 aliphatic rings. The van der Waals surface area contributed by atoms with Gasteiger partial charge in [-0.05, 0) is 32.0 Å². The van der Waals surface area contributed by atoms with Gasteiger partial charge in [0.15, 0.2) is 0 Å². The van der Waals surface area contributed by atoms with E-state index >= 15 is 4.39 Å². The molecule has 1 aliphatic heterocycles. The number of rotatable bonds is 3. The minimum absolute atomic E-state index is 0.0782. The third-order valence-electron chi connectivity index (χ3n) is 6.14. The van der Waals surface area contributed by atoms with Crippen molar-refractivity contribution in [2.45, 2.75) is 26.1 Å². The molecule has 5 rings (SSSR count). The number of fused-ring (bicyclic) bond motifs is 1. The third kappa shape index (κ3) is 3.95. The second-order valence-electron chi connectivity index (χ2n) is 8.66. The van der Waals surface area contributed by atoms with E-state index in [1.165, 1.54) is 10.6 Å². The highest BCUT2D eigenvalue weighted by atomic mass is 35.5. The van der Waals surface area contributed by atoms with Gasteiger partial charge < -0.3 is 9.64 Å². The molecular weight excluding hydrogens is 459 g/mol. The molecule has 1 fully saturated rings. The lowest BCUT2D eigenvalue weighted by Gasteiger charge is -2.37. The molecular formula is C24H24ClFN6O2. The molecule has 0 N–H and O–H groups in total. The highest BCUT2D eigenvalue weighted by Crippen LogP contribution is 2.33. The van der Waals surface area contributed by atoms with Crippen LogP contribution >= 0.6 is 11.6 Å². The van der Waals surface area contributed by atoms with E-state index in [2.05, 4.69) is 15.0 Å². The first-order valence-corrected chi connectivity index (χ1v) is 11.3. The molecule has 0 amide bonds. The molecule has 0 radical (unpaired) electrons. The van der Waals surface area contributed by atoms with E-state index in [1.54, 1.807) is 43.0 Å². The SMILES string of the molecule is Cc1nc2cc(N3C[C@@H](C)O[C@@H](c4cnn(C)c4)C3)nc(-c3ccc(Cl)cc3F)c2c(=O)n1C. The van der Waals surface area contributed by atoms with Crippen LogP contribution in [-0.2, 0) is 18.8 Å². The van der Waals surface area contributed by atoms with E-state index in [1.807, 2.05) is 20.2 Å². The number of nitrogens with zero attached hydrogens (tertiary/aromatic N) is 6. The summed E-state index contributed by atoms with van der Waals surface area (Å²) < 4.78 is 24.3. The van der Waals surface area contributed by atoms with Crippen LogP contribution in [0.5, 0.6) is 0 Å². The Morgan fingerprint density at radius 2 is 1.97 bits per heavy atom. The van der Waals surface area contributed by atoms with Crippen molar-refractivity contribution in [3.8, 4) is 11.3 Å². The molecule has 0 spiro atoms. The lowest BCUT2D eigenvalue weighted by molar-refractivity contribution is -0.0176. The average Bonchev–Trinajstić information content (AvgIpc) is 3.23. The van der Waals surface area contributed by atoms with Gasteiger partial charge in [-0.25, -0.2) is 14.4 Å². The number of hydrogen-bond acceptors (Lipinski definition) is 6. The fourth-order valence-corrected chi connectivity index (χ4v) is 4.51. The van der Waals surface area contributed by atoms with Gasteiger partial charge in [0, 0.05) is 49.1 Å². The summed E-state index contributed by atoms with van der Waals surface area (Å²) in [5.41, 5.74) is 1.59. The zero-order valence-corrected chi connectivity index (χ0v) is 20.0. The van der Waals surface area contributed by atoms with Crippen LogP contribution in [0, 0.1) is 12.7 Å². The molecule has 2 atom stereocenters. The van der Waals surface area contributed by atoms with Gasteiger partial charge in [-0.3, -0.25) is 14.0 Å². The molecule has 4 heterocycles. The Labute approximate surface area is 200 Å². The van der Waals surface area contributed by atoms with Gasteiger partial charge in [-0.15, -0.1) is 0 Å². The number of aromatic nitrogens is 5. The first-order chi connectivity index (χ1) is 16.2. The lowest BCUT2D eigenvalue weighted by Crippen LogP contribution is -2.43. The number of morpholine rings is 1. The molecule has 10 heteroatoms. The van der Waals surface area contributed by atoms with Crippen LogP contribution in [0.2, 0.25) is 5.02 Å². The number of aryl methyl sites for hydroxylation is 2. The summed E-state index contributed by atoms with van der Waals surface area (Å²) in [7, 11) is 3.50. The van der Waals surface area contributed by atoms with Gasteiger partial charge in [-0.2, -0.15) is 5.10 Å². The fourth-order valence-electron chi connectivity index (χ4n) is 4.35. The van der Waals surface area contributed by atoms with Gasteiger partial charge in [-0.1, -0.05) is 11.6 Å². The molecule has 1 saturated heterocycles. The van der Waals surface area contributed by atoms with Crippen molar-refractivity contribution in [3.63, 3.8) is 0 Å². The smallest absolute Gasteiger partial charge is 0.263 e. The van der Waals surface area contributed by atoms with Crippen molar-refractivity contribution in [1.29, 1.82) is 0 Å². The molecule has 4 aromatic rings. The predicted molar refractivity (Wildman–Crippen MR) is 129 cm³/mol. The van der Waals surface area contributed by atoms with E-state index in [4.69, 9.17) is 21.3 Å². The van der Waals surface area contributed by atoms with E-state index in [9.17, 15) is 4.79 Å². The van der Waals surface area contributed by atoms with Crippen molar-refractivity contribution < 1.29 is 9.13 Å². The van der Waals surface area contributed by atoms with Gasteiger partial charge >= 0.3 is 0 Å². The number of halogens is 2. The third-order valence-corrected chi connectivity index (χ3v) is 6.37. The molecule has 3 aromatic heterocycles. The highest BCUT2D eigenvalue weighted by molar-refractivity contribution is 6.30. The van der Waals surface area contributed by atoms with Gasteiger partial charge in [0.2, 0.25) is 0 Å². The van der Waals surface area contributed by atoms with E-state index < -0.39 is 5.82 Å². The van der Waals surface area contributed by atoms with E-state index in [0.717, 1.165) is 5.56 Å². The summed E-state index contributed by atoms with van der Waals surface area (Å²) in [4.78, 5) is 24.7. The Kier molecular flexibility index (Phi) is 5.61. The van der Waals surface area contributed by atoms with Crippen LogP contribution in [0.1, 0.15) is 24.4 Å². The Morgan fingerprint density at radius 3 is 2.68 bits per heavy atom. The first kappa shape index (κ1) is 22.5. The van der Waals surface area contributed by atoms with E-state index in [-0.39, 0.29) is 39.4 Å². The van der Waals surface area contributed by atoms with Crippen molar-refractivity contribution in [2.75, 3.05) is 18.0 Å². The topological polar surface area (TPSA) is 78.1 Å². The highest BCUT2D eigenvalue weighted by Gasteiger charge is 2.29. The molecule has 0 bridgehead atoms. The second-order valence-corrected chi connectivity index (χ2v) is 9.09. The summed E-state index contributed by atoms with van der Waals surface area (Å²) >= 11 is 5.98. The van der Waals surface area contributed by atoms with Crippen molar-refractivity contribution in [2.24, 2.45) is 14.1 Å². The summed E-state index contributed by atoms with van der Waals surface area (Å²) in [6, 6.07) is 6.14. The first-order valence-electron chi connectivity index (χ1n) is 10.9. The van der Waals surface area contributed by atoms with Gasteiger partial charge in [0.1, 0.15) is 23.6 Å². The monoisotopic (exact) mass is 482 g/mol. The standard InChI is InChI=1S/C24H24ClFN6O2/c1-13-10-32(12-20(34-13)15-9-27-30(3)11-15)21-8-19-22(24(33)31(4)14(2)28-19)23(29-21)17-6-5-16(25)7-18(17)26/h5-9,11,13,20H,10,12H2,1-4H3/t13-,20-/m1/s1. The van der Waals surface area contributed by atoms with Crippen LogP contribution in [-0.4, -0.2) is 43.5 Å². The van der Waals surface area contributed by atoms with Crippen molar-refractivity contribution in [1.82, 2.24) is 24.3 Å².